The van der Waals surface area contributed by atoms with Crippen LogP contribution in [-0.4, -0.2) is 30.1 Å². The molecule has 27 heavy (non-hydrogen) atoms. The first-order valence-corrected chi connectivity index (χ1v) is 8.91. The van der Waals surface area contributed by atoms with Gasteiger partial charge in [-0.05, 0) is 44.4 Å². The van der Waals surface area contributed by atoms with Crippen LogP contribution in [0.3, 0.4) is 0 Å². The van der Waals surface area contributed by atoms with E-state index >= 15 is 0 Å². The van der Waals surface area contributed by atoms with E-state index in [1.54, 1.807) is 19.1 Å². The number of esters is 1. The highest BCUT2D eigenvalue weighted by molar-refractivity contribution is 6.30. The zero-order valence-corrected chi connectivity index (χ0v) is 15.8. The summed E-state index contributed by atoms with van der Waals surface area (Å²) in [4.78, 5) is 28.9. The smallest absolute Gasteiger partial charge is 0.436 e. The number of hydrogen-bond donors (Lipinski definition) is 0. The number of carbonyl (C=O) groups excluding carboxylic acids is 2. The quantitative estimate of drug-likeness (QED) is 0.458. The topological polar surface area (TPSA) is 65.1 Å². The number of carbonyl (C=O) groups is 2. The summed E-state index contributed by atoms with van der Waals surface area (Å²) in [6.07, 6.45) is 0.941. The Kier molecular flexibility index (Phi) is 5.76. The van der Waals surface area contributed by atoms with Crippen LogP contribution in [-0.2, 0) is 21.0 Å². The van der Waals surface area contributed by atoms with Crippen LogP contribution in [0, 0.1) is 20.8 Å². The minimum atomic E-state index is -1.06. The van der Waals surface area contributed by atoms with Gasteiger partial charge >= 0.3 is 11.9 Å². The predicted octanol–water partition coefficient (Wildman–Crippen LogP) is 3.26. The van der Waals surface area contributed by atoms with Crippen molar-refractivity contribution in [1.29, 1.82) is 0 Å². The third-order valence-electron chi connectivity index (χ3n) is 4.24. The summed E-state index contributed by atoms with van der Waals surface area (Å²) < 4.78 is 11.1. The molecule has 0 N–H and O–H groups in total. The van der Waals surface area contributed by atoms with Gasteiger partial charge in [-0.1, -0.05) is 41.5 Å². The van der Waals surface area contributed by atoms with E-state index in [-0.39, 0.29) is 5.75 Å². The van der Waals surface area contributed by atoms with Gasteiger partial charge in [0.05, 0.1) is 0 Å². The van der Waals surface area contributed by atoms with Crippen molar-refractivity contribution in [3.05, 3.63) is 58.7 Å². The molecule has 0 atom stereocenters. The van der Waals surface area contributed by atoms with Gasteiger partial charge in [0.1, 0.15) is 6.61 Å². The molecule has 1 saturated heterocycles. The lowest BCUT2D eigenvalue weighted by Gasteiger charge is -2.27. The third kappa shape index (κ3) is 4.86. The summed E-state index contributed by atoms with van der Waals surface area (Å²) in [5.41, 5.74) is 4.01. The largest absolute Gasteiger partial charge is 0.485 e. The molecule has 0 aromatic heterocycles. The molecule has 1 fully saturated rings. The molecule has 0 bridgehead atoms. The fourth-order valence-electron chi connectivity index (χ4n) is 2.85. The molecule has 1 aliphatic rings. The lowest BCUT2D eigenvalue weighted by molar-refractivity contribution is -0.211. The first-order valence-electron chi connectivity index (χ1n) is 8.91. The van der Waals surface area contributed by atoms with E-state index in [1.165, 1.54) is 5.06 Å². The van der Waals surface area contributed by atoms with E-state index < -0.39 is 11.9 Å². The van der Waals surface area contributed by atoms with Crippen LogP contribution in [0.25, 0.3) is 0 Å². The highest BCUT2D eigenvalue weighted by Gasteiger charge is 2.27. The van der Waals surface area contributed by atoms with Gasteiger partial charge in [0.25, 0.3) is 0 Å². The number of benzene rings is 2. The van der Waals surface area contributed by atoms with Crippen LogP contribution in [0.4, 0.5) is 0 Å². The number of hydrogen-bond acceptors (Lipinski definition) is 6. The summed E-state index contributed by atoms with van der Waals surface area (Å²) in [5.74, 6) is -1.46. The second-order valence-electron chi connectivity index (χ2n) is 6.74. The Morgan fingerprint density at radius 3 is 2.33 bits per heavy atom. The zero-order chi connectivity index (χ0) is 19.4. The number of ether oxygens (including phenoxy) is 2. The molecular weight excluding hydrogens is 346 g/mol. The molecule has 0 aliphatic carbocycles. The summed E-state index contributed by atoms with van der Waals surface area (Å²) in [5, 5.41) is 1.43. The molecule has 1 aliphatic heterocycles. The summed E-state index contributed by atoms with van der Waals surface area (Å²) >= 11 is 0. The standard InChI is InChI=1S/C21H23NO5/c1-14-10-15(2)12-17(11-14)13-25-18-7-4-6-16(3)19(18)26-20(23)21(24)27-22-8-5-9-22/h4,6-7,10-12H,5,8-9,13H2,1-3H3. The number of nitrogens with zero attached hydrogens (tertiary/aromatic N) is 1. The van der Waals surface area contributed by atoms with Crippen LogP contribution >= 0.6 is 0 Å². The molecular formula is C21H23NO5. The number of para-hydroxylation sites is 1. The van der Waals surface area contributed by atoms with Crippen LogP contribution in [0.2, 0.25) is 0 Å². The molecule has 6 nitrogen and oxygen atoms in total. The van der Waals surface area contributed by atoms with Gasteiger partial charge in [-0.25, -0.2) is 9.59 Å². The van der Waals surface area contributed by atoms with Crippen molar-refractivity contribution in [2.45, 2.75) is 33.8 Å². The van der Waals surface area contributed by atoms with E-state index in [2.05, 4.69) is 6.07 Å². The molecule has 0 unspecified atom stereocenters. The highest BCUT2D eigenvalue weighted by Crippen LogP contribution is 2.32. The molecule has 142 valence electrons. The lowest BCUT2D eigenvalue weighted by atomic mass is 10.1. The van der Waals surface area contributed by atoms with Crippen LogP contribution in [0.1, 0.15) is 28.7 Å². The Bertz CT molecular complexity index is 837. The maximum Gasteiger partial charge on any atom is 0.436 e. The van der Waals surface area contributed by atoms with Gasteiger partial charge in [0.15, 0.2) is 11.5 Å². The molecule has 2 aromatic rings. The van der Waals surface area contributed by atoms with E-state index in [9.17, 15) is 9.59 Å². The van der Waals surface area contributed by atoms with Crippen molar-refractivity contribution in [1.82, 2.24) is 5.06 Å². The molecule has 1 heterocycles. The predicted molar refractivity (Wildman–Crippen MR) is 99.3 cm³/mol. The van der Waals surface area contributed by atoms with Crippen LogP contribution in [0.15, 0.2) is 36.4 Å². The molecule has 6 heteroatoms. The van der Waals surface area contributed by atoms with Gasteiger partial charge in [-0.3, -0.25) is 0 Å². The van der Waals surface area contributed by atoms with Crippen LogP contribution in [0.5, 0.6) is 11.5 Å². The molecule has 0 spiro atoms. The zero-order valence-electron chi connectivity index (χ0n) is 15.8. The summed E-state index contributed by atoms with van der Waals surface area (Å²) in [6, 6.07) is 11.5. The van der Waals surface area contributed by atoms with Crippen molar-refractivity contribution < 1.29 is 23.9 Å². The molecule has 0 radical (unpaired) electrons. The summed E-state index contributed by atoms with van der Waals surface area (Å²) in [6.45, 7) is 7.43. The molecule has 0 saturated carbocycles. The van der Waals surface area contributed by atoms with Gasteiger partial charge in [0, 0.05) is 13.1 Å². The first kappa shape index (κ1) is 18.9. The van der Waals surface area contributed by atoms with E-state index in [4.69, 9.17) is 14.3 Å². The average molecular weight is 369 g/mol. The van der Waals surface area contributed by atoms with Crippen molar-refractivity contribution >= 4 is 11.9 Å². The Labute approximate surface area is 158 Å². The maximum atomic E-state index is 12.1. The average Bonchev–Trinajstić information content (AvgIpc) is 2.57. The fourth-order valence-corrected chi connectivity index (χ4v) is 2.85. The van der Waals surface area contributed by atoms with Crippen molar-refractivity contribution in [2.75, 3.05) is 13.1 Å². The lowest BCUT2D eigenvalue weighted by Crippen LogP contribution is -2.41. The Morgan fingerprint density at radius 2 is 1.70 bits per heavy atom. The molecule has 2 aromatic carbocycles. The van der Waals surface area contributed by atoms with Gasteiger partial charge < -0.3 is 14.3 Å². The van der Waals surface area contributed by atoms with Crippen molar-refractivity contribution in [3.8, 4) is 11.5 Å². The Morgan fingerprint density at radius 1 is 1.00 bits per heavy atom. The minimum absolute atomic E-state index is 0.229. The molecule has 0 amide bonds. The Balaban J connectivity index is 1.69. The fraction of sp³-hybridized carbons (Fsp3) is 0.333. The SMILES string of the molecule is Cc1cc(C)cc(COc2cccc(C)c2OC(=O)C(=O)ON2CCC2)c1. The van der Waals surface area contributed by atoms with Crippen LogP contribution < -0.4 is 9.47 Å². The second-order valence-corrected chi connectivity index (χ2v) is 6.74. The van der Waals surface area contributed by atoms with Gasteiger partial charge in [0.2, 0.25) is 0 Å². The summed E-state index contributed by atoms with van der Waals surface area (Å²) in [7, 11) is 0. The van der Waals surface area contributed by atoms with E-state index in [0.717, 1.165) is 23.1 Å². The third-order valence-corrected chi connectivity index (χ3v) is 4.24. The maximum absolute atomic E-state index is 12.1. The minimum Gasteiger partial charge on any atom is -0.485 e. The monoisotopic (exact) mass is 369 g/mol. The normalized spacial score (nSPS) is 13.6. The highest BCUT2D eigenvalue weighted by atomic mass is 16.7. The number of rotatable bonds is 5. The van der Waals surface area contributed by atoms with Crippen molar-refractivity contribution in [2.24, 2.45) is 0 Å². The molecule has 3 rings (SSSR count). The number of aryl methyl sites for hydroxylation is 3. The Hall–Kier alpha value is -2.86. The van der Waals surface area contributed by atoms with Crippen molar-refractivity contribution in [3.63, 3.8) is 0 Å². The number of hydroxylamine groups is 2. The second kappa shape index (κ2) is 8.22. The van der Waals surface area contributed by atoms with Gasteiger partial charge in [-0.15, -0.1) is 5.06 Å². The van der Waals surface area contributed by atoms with E-state index in [0.29, 0.717) is 31.0 Å². The first-order chi connectivity index (χ1) is 12.9. The van der Waals surface area contributed by atoms with Gasteiger partial charge in [-0.2, -0.15) is 0 Å². The van der Waals surface area contributed by atoms with E-state index in [1.807, 2.05) is 32.0 Å².